The molecular weight excluding hydrogens is 539 g/mol. The maximum absolute atomic E-state index is 12.9. The lowest BCUT2D eigenvalue weighted by molar-refractivity contribution is -0.148. The van der Waals surface area contributed by atoms with E-state index >= 15 is 0 Å². The summed E-state index contributed by atoms with van der Waals surface area (Å²) in [6.45, 7) is 12.7. The van der Waals surface area contributed by atoms with Gasteiger partial charge in [0, 0.05) is 0 Å². The summed E-state index contributed by atoms with van der Waals surface area (Å²) in [6, 6.07) is -0.640. The van der Waals surface area contributed by atoms with E-state index in [1.165, 1.54) is 6.33 Å². The van der Waals surface area contributed by atoms with E-state index < -0.39 is 42.4 Å². The Morgan fingerprint density at radius 3 is 2.71 bits per heavy atom. The quantitative estimate of drug-likeness (QED) is 0.202. The third-order valence-electron chi connectivity index (χ3n) is 6.07. The molecule has 1 saturated heterocycles. The number of nitrogens with two attached hydrogens (primary N) is 1. The van der Waals surface area contributed by atoms with Gasteiger partial charge < -0.3 is 24.8 Å². The first-order valence-corrected chi connectivity index (χ1v) is 14.4. The molecule has 0 radical (unpaired) electrons. The molecule has 0 aliphatic carbocycles. The molecule has 0 bridgehead atoms. The molecule has 2 aromatic heterocycles. The predicted octanol–water partition coefficient (Wildman–Crippen LogP) is 3.41. The van der Waals surface area contributed by atoms with Crippen LogP contribution in [0.3, 0.4) is 0 Å². The maximum Gasteiger partial charge on any atom is 0.403 e. The number of fused-ring (bicyclic) bond motifs is 1. The van der Waals surface area contributed by atoms with Crippen LogP contribution in [0.1, 0.15) is 61.1 Å². The number of rotatable bonds is 11. The number of esters is 1. The molecule has 38 heavy (non-hydrogen) atoms. The van der Waals surface area contributed by atoms with E-state index in [0.29, 0.717) is 24.2 Å². The molecule has 2 unspecified atom stereocenters. The van der Waals surface area contributed by atoms with Crippen LogP contribution in [0.4, 0.5) is 5.95 Å². The van der Waals surface area contributed by atoms with Gasteiger partial charge in [-0.2, -0.15) is 9.97 Å². The van der Waals surface area contributed by atoms with Gasteiger partial charge in [0.05, 0.1) is 42.5 Å². The summed E-state index contributed by atoms with van der Waals surface area (Å²) in [7, 11) is -4.30. The van der Waals surface area contributed by atoms with Crippen molar-refractivity contribution in [3.05, 3.63) is 6.33 Å². The van der Waals surface area contributed by atoms with Gasteiger partial charge in [-0.3, -0.25) is 13.9 Å². The van der Waals surface area contributed by atoms with Crippen molar-refractivity contribution in [2.75, 3.05) is 25.6 Å². The van der Waals surface area contributed by atoms with Gasteiger partial charge >= 0.3 is 13.7 Å². The number of alkyl halides is 1. The van der Waals surface area contributed by atoms with E-state index in [4.69, 9.17) is 36.1 Å². The van der Waals surface area contributed by atoms with Gasteiger partial charge in [-0.15, -0.1) is 11.6 Å². The third kappa shape index (κ3) is 7.34. The number of halogens is 1. The van der Waals surface area contributed by atoms with E-state index in [1.54, 1.807) is 25.3 Å². The number of ether oxygens (including phenoxy) is 3. The Morgan fingerprint density at radius 2 is 2.11 bits per heavy atom. The number of hydrogen-bond donors (Lipinski definition) is 3. The zero-order chi connectivity index (χ0) is 28.5. The van der Waals surface area contributed by atoms with Gasteiger partial charge in [0.15, 0.2) is 17.4 Å². The van der Waals surface area contributed by atoms with E-state index in [-0.39, 0.29) is 31.0 Å². The minimum atomic E-state index is -4.30. The minimum Gasteiger partial charge on any atom is -0.476 e. The first kappa shape index (κ1) is 30.5. The summed E-state index contributed by atoms with van der Waals surface area (Å²) in [5.41, 5.74) is 6.16. The Labute approximate surface area is 227 Å². The van der Waals surface area contributed by atoms with Crippen molar-refractivity contribution in [1.29, 1.82) is 0 Å². The van der Waals surface area contributed by atoms with Gasteiger partial charge in [-0.1, -0.05) is 34.6 Å². The van der Waals surface area contributed by atoms with Crippen molar-refractivity contribution in [1.82, 2.24) is 24.6 Å². The number of carbonyl (C=O) groups excluding carboxylic acids is 1. The van der Waals surface area contributed by atoms with Crippen molar-refractivity contribution in [3.63, 3.8) is 0 Å². The molecule has 0 amide bonds. The standard InChI is InChI=1S/C23H38ClN6O7P/c1-8-34-18-16-17(27-21(25)28-18)30(12-26-16)20-23(7,24)9-14(37-20)10-36-38(32,33)29-15(22(4,5)6)11-35-19(31)13(2)3/h12-15,20H,8-11H2,1-7H3,(H2,25,27,28)(H2,29,32,33)/t14?,15-,20-,23-/m1/s1. The van der Waals surface area contributed by atoms with Crippen molar-refractivity contribution < 1.29 is 33.0 Å². The average molecular weight is 577 g/mol. The first-order chi connectivity index (χ1) is 17.5. The number of aromatic nitrogens is 4. The lowest BCUT2D eigenvalue weighted by Gasteiger charge is -2.32. The van der Waals surface area contributed by atoms with Crippen LogP contribution in [0.15, 0.2) is 6.33 Å². The second kappa shape index (κ2) is 11.6. The molecule has 0 aromatic carbocycles. The zero-order valence-corrected chi connectivity index (χ0v) is 24.5. The third-order valence-corrected chi connectivity index (χ3v) is 7.54. The van der Waals surface area contributed by atoms with Gasteiger partial charge in [-0.25, -0.2) is 14.6 Å². The molecule has 15 heteroatoms. The molecule has 1 fully saturated rings. The molecule has 13 nitrogen and oxygen atoms in total. The Hall–Kier alpha value is -2.02. The van der Waals surface area contributed by atoms with E-state index in [1.807, 2.05) is 27.7 Å². The number of hydrogen-bond acceptors (Lipinski definition) is 10. The van der Waals surface area contributed by atoms with Gasteiger partial charge in [0.2, 0.25) is 11.8 Å². The van der Waals surface area contributed by atoms with Crippen molar-refractivity contribution in [2.45, 2.75) is 78.1 Å². The summed E-state index contributed by atoms with van der Waals surface area (Å²) in [5.74, 6) is -0.445. The fourth-order valence-corrected chi connectivity index (χ4v) is 5.55. The van der Waals surface area contributed by atoms with Crippen LogP contribution in [0.25, 0.3) is 11.2 Å². The Kier molecular flexibility index (Phi) is 9.33. The van der Waals surface area contributed by atoms with Crippen molar-refractivity contribution in [2.24, 2.45) is 11.3 Å². The summed E-state index contributed by atoms with van der Waals surface area (Å²) in [6.07, 6.45) is 0.489. The second-order valence-electron chi connectivity index (χ2n) is 10.9. The fraction of sp³-hybridized carbons (Fsp3) is 0.739. The number of anilines is 1. The molecular formula is C23H38ClN6O7P. The molecule has 3 heterocycles. The van der Waals surface area contributed by atoms with Crippen molar-refractivity contribution >= 4 is 42.4 Å². The van der Waals surface area contributed by atoms with E-state index in [9.17, 15) is 14.3 Å². The molecule has 1 aliphatic heterocycles. The van der Waals surface area contributed by atoms with Crippen LogP contribution < -0.4 is 15.6 Å². The number of nitrogen functional groups attached to an aromatic ring is 1. The number of nitrogens with one attached hydrogen (secondary N) is 1. The van der Waals surface area contributed by atoms with Crippen molar-refractivity contribution in [3.8, 4) is 5.88 Å². The highest BCUT2D eigenvalue weighted by molar-refractivity contribution is 7.50. The van der Waals surface area contributed by atoms with Crippen LogP contribution in [-0.4, -0.2) is 67.2 Å². The van der Waals surface area contributed by atoms with Crippen LogP contribution in [0.5, 0.6) is 5.88 Å². The van der Waals surface area contributed by atoms with Gasteiger partial charge in [0.1, 0.15) is 6.61 Å². The molecule has 0 spiro atoms. The molecule has 2 aromatic rings. The summed E-state index contributed by atoms with van der Waals surface area (Å²) < 4.78 is 36.9. The fourth-order valence-electron chi connectivity index (χ4n) is 3.92. The largest absolute Gasteiger partial charge is 0.476 e. The molecule has 4 N–H and O–H groups in total. The second-order valence-corrected chi connectivity index (χ2v) is 13.3. The molecule has 214 valence electrons. The molecule has 5 atom stereocenters. The Balaban J connectivity index is 1.70. The Bertz CT molecular complexity index is 1180. The maximum atomic E-state index is 12.9. The number of nitrogens with zero attached hydrogens (tertiary/aromatic N) is 4. The SMILES string of the molecule is CCOc1nc(N)nc2c1ncn2[C@@H]1OC(COP(=O)(O)N[C@H](COC(=O)C(C)C)C(C)(C)C)C[C@@]1(C)Cl. The van der Waals surface area contributed by atoms with Crippen LogP contribution in [0, 0.1) is 11.3 Å². The van der Waals surface area contributed by atoms with Crippen LogP contribution in [0.2, 0.25) is 0 Å². The van der Waals surface area contributed by atoms with Gasteiger partial charge in [0.25, 0.3) is 0 Å². The lowest BCUT2D eigenvalue weighted by Crippen LogP contribution is -2.43. The summed E-state index contributed by atoms with van der Waals surface area (Å²) >= 11 is 6.82. The van der Waals surface area contributed by atoms with E-state index in [2.05, 4.69) is 20.0 Å². The monoisotopic (exact) mass is 576 g/mol. The molecule has 0 saturated carbocycles. The van der Waals surface area contributed by atoms with Crippen LogP contribution in [-0.2, 0) is 23.4 Å². The highest BCUT2D eigenvalue weighted by Gasteiger charge is 2.47. The summed E-state index contributed by atoms with van der Waals surface area (Å²) in [4.78, 5) is 34.3. The highest BCUT2D eigenvalue weighted by Crippen LogP contribution is 2.46. The average Bonchev–Trinajstić information content (AvgIpc) is 3.33. The minimum absolute atomic E-state index is 0.0108. The number of imidazole rings is 1. The predicted molar refractivity (Wildman–Crippen MR) is 142 cm³/mol. The highest BCUT2D eigenvalue weighted by atomic mass is 35.5. The number of carbonyl (C=O) groups is 1. The Morgan fingerprint density at radius 1 is 1.42 bits per heavy atom. The van der Waals surface area contributed by atoms with Crippen LogP contribution >= 0.6 is 19.3 Å². The topological polar surface area (TPSA) is 173 Å². The molecule has 3 rings (SSSR count). The first-order valence-electron chi connectivity index (χ1n) is 12.4. The van der Waals surface area contributed by atoms with Gasteiger partial charge in [-0.05, 0) is 25.7 Å². The van der Waals surface area contributed by atoms with E-state index in [0.717, 1.165) is 0 Å². The smallest absolute Gasteiger partial charge is 0.403 e. The lowest BCUT2D eigenvalue weighted by atomic mass is 9.88. The molecule has 1 aliphatic rings. The normalized spacial score (nSPS) is 24.5. The zero-order valence-electron chi connectivity index (χ0n) is 22.8. The summed E-state index contributed by atoms with van der Waals surface area (Å²) in [5, 5.41) is 2.62.